The third-order valence-corrected chi connectivity index (χ3v) is 10.7. The number of nitrogens with zero attached hydrogens (tertiary/aromatic N) is 2. The predicted molar refractivity (Wildman–Crippen MR) is 245 cm³/mol. The molecular weight excluding hydrogens is 677 g/mol. The fraction of sp³-hybridized carbons (Fsp3) is 0.0741. The van der Waals surface area contributed by atoms with E-state index in [4.69, 9.17) is 0 Å². The van der Waals surface area contributed by atoms with E-state index in [9.17, 15) is 0 Å². The molecule has 0 aliphatic heterocycles. The summed E-state index contributed by atoms with van der Waals surface area (Å²) in [5.74, 6) is 0. The molecule has 0 spiro atoms. The molecule has 0 bridgehead atoms. The minimum atomic E-state index is 0.900. The number of aromatic nitrogens is 1. The summed E-state index contributed by atoms with van der Waals surface area (Å²) >= 11 is 0. The van der Waals surface area contributed by atoms with E-state index in [-0.39, 0.29) is 0 Å². The quantitative estimate of drug-likeness (QED) is 0.129. The average Bonchev–Trinajstić information content (AvgIpc) is 3.58. The summed E-state index contributed by atoms with van der Waals surface area (Å²) in [5, 5.41) is 1.17. The lowest BCUT2D eigenvalue weighted by Crippen LogP contribution is -2.14. The molecule has 1 aromatic heterocycles. The van der Waals surface area contributed by atoms with Crippen molar-refractivity contribution in [3.8, 4) is 22.3 Å². The number of rotatable bonds is 11. The highest BCUT2D eigenvalue weighted by molar-refractivity contribution is 6.08. The first-order chi connectivity index (χ1) is 27.6. The normalized spacial score (nSPS) is 12.9. The first-order valence-electron chi connectivity index (χ1n) is 19.5. The van der Waals surface area contributed by atoms with Crippen molar-refractivity contribution in [2.75, 3.05) is 4.90 Å². The second kappa shape index (κ2) is 16.2. The molecule has 2 heteroatoms. The van der Waals surface area contributed by atoms with Crippen molar-refractivity contribution in [2.24, 2.45) is 0 Å². The standard InChI is InChI=1S/C54H46N2/c1-5-20-48-46(7-3)54-49(21-6-2)50(8-4)55(44-34-30-41(31-35-44)39-22-12-9-13-23-39)53(54)38-52(48)56(45-36-32-42(33-37-45)40-24-14-10-15-25-40)51-29-19-18-28-47(51)43-26-16-11-17-27-43/h5-30,32-34,36-38H,3-4,31,35H2,1-2H3/b20-5-,21-6-. The Labute approximate surface area is 331 Å². The number of benzene rings is 6. The van der Waals surface area contributed by atoms with E-state index in [0.29, 0.717) is 0 Å². The average molecular weight is 723 g/mol. The van der Waals surface area contributed by atoms with Crippen LogP contribution in [0.25, 0.3) is 68.7 Å². The van der Waals surface area contributed by atoms with Gasteiger partial charge in [0.15, 0.2) is 0 Å². The zero-order valence-electron chi connectivity index (χ0n) is 32.2. The second-order valence-electron chi connectivity index (χ2n) is 14.0. The van der Waals surface area contributed by atoms with Gasteiger partial charge in [-0.1, -0.05) is 171 Å². The Morgan fingerprint density at radius 1 is 0.536 bits per heavy atom. The van der Waals surface area contributed by atoms with Crippen LogP contribution >= 0.6 is 0 Å². The van der Waals surface area contributed by atoms with Crippen LogP contribution in [0.4, 0.5) is 17.1 Å². The highest BCUT2D eigenvalue weighted by atomic mass is 15.2. The van der Waals surface area contributed by atoms with Crippen LogP contribution in [-0.4, -0.2) is 4.57 Å². The fourth-order valence-corrected chi connectivity index (χ4v) is 8.19. The minimum Gasteiger partial charge on any atom is -0.313 e. The second-order valence-corrected chi connectivity index (χ2v) is 14.0. The Morgan fingerprint density at radius 2 is 1.12 bits per heavy atom. The lowest BCUT2D eigenvalue weighted by atomic mass is 9.94. The molecule has 0 N–H and O–H groups in total. The molecule has 0 amide bonds. The molecule has 1 aliphatic carbocycles. The maximum atomic E-state index is 4.47. The van der Waals surface area contributed by atoms with Gasteiger partial charge in [-0.3, -0.25) is 0 Å². The Hall–Kier alpha value is -6.90. The van der Waals surface area contributed by atoms with E-state index in [1.807, 2.05) is 12.2 Å². The number of allylic oxidation sites excluding steroid dienone is 6. The van der Waals surface area contributed by atoms with Gasteiger partial charge in [-0.2, -0.15) is 0 Å². The molecule has 7 aromatic rings. The van der Waals surface area contributed by atoms with Gasteiger partial charge in [0.1, 0.15) is 0 Å². The first-order valence-corrected chi connectivity index (χ1v) is 19.5. The largest absolute Gasteiger partial charge is 0.313 e. The third kappa shape index (κ3) is 6.71. The molecule has 0 radical (unpaired) electrons. The van der Waals surface area contributed by atoms with Crippen LogP contribution in [0.5, 0.6) is 0 Å². The topological polar surface area (TPSA) is 8.17 Å². The van der Waals surface area contributed by atoms with E-state index in [2.05, 4.69) is 219 Å². The van der Waals surface area contributed by atoms with Gasteiger partial charge in [-0.05, 0) is 96.5 Å². The van der Waals surface area contributed by atoms with Crippen LogP contribution < -0.4 is 4.90 Å². The molecule has 1 heterocycles. The van der Waals surface area contributed by atoms with Crippen molar-refractivity contribution in [1.29, 1.82) is 0 Å². The first kappa shape index (κ1) is 36.1. The summed E-state index contributed by atoms with van der Waals surface area (Å²) in [6.07, 6.45) is 19.2. The summed E-state index contributed by atoms with van der Waals surface area (Å²) in [6, 6.07) is 52.1. The van der Waals surface area contributed by atoms with Crippen molar-refractivity contribution in [3.63, 3.8) is 0 Å². The molecule has 0 atom stereocenters. The number of fused-ring (bicyclic) bond motifs is 1. The van der Waals surface area contributed by atoms with E-state index in [0.717, 1.165) is 68.9 Å². The Balaban J connectivity index is 1.44. The van der Waals surface area contributed by atoms with Crippen LogP contribution in [0.2, 0.25) is 0 Å². The highest BCUT2D eigenvalue weighted by Crippen LogP contribution is 2.48. The van der Waals surface area contributed by atoms with Crippen LogP contribution in [0.3, 0.4) is 0 Å². The van der Waals surface area contributed by atoms with Gasteiger partial charge in [0, 0.05) is 33.5 Å². The Bertz CT molecular complexity index is 2650. The molecule has 0 saturated heterocycles. The predicted octanol–water partition coefficient (Wildman–Crippen LogP) is 15.5. The highest BCUT2D eigenvalue weighted by Gasteiger charge is 2.27. The maximum Gasteiger partial charge on any atom is 0.0565 e. The van der Waals surface area contributed by atoms with E-state index in [1.165, 1.54) is 33.3 Å². The zero-order chi connectivity index (χ0) is 38.4. The Morgan fingerprint density at radius 3 is 1.73 bits per heavy atom. The van der Waals surface area contributed by atoms with Crippen LogP contribution in [-0.2, 0) is 0 Å². The van der Waals surface area contributed by atoms with E-state index in [1.54, 1.807) is 0 Å². The maximum absolute atomic E-state index is 4.47. The van der Waals surface area contributed by atoms with Gasteiger partial charge in [0.05, 0.1) is 22.6 Å². The van der Waals surface area contributed by atoms with Crippen molar-refractivity contribution in [1.82, 2.24) is 4.57 Å². The van der Waals surface area contributed by atoms with Gasteiger partial charge < -0.3 is 9.47 Å². The van der Waals surface area contributed by atoms with Gasteiger partial charge in [-0.15, -0.1) is 0 Å². The van der Waals surface area contributed by atoms with Gasteiger partial charge in [-0.25, -0.2) is 0 Å². The minimum absolute atomic E-state index is 0.900. The lowest BCUT2D eigenvalue weighted by Gasteiger charge is -2.31. The number of hydrogen-bond acceptors (Lipinski definition) is 1. The molecule has 1 aliphatic rings. The molecular formula is C54H46N2. The molecule has 56 heavy (non-hydrogen) atoms. The zero-order valence-corrected chi connectivity index (χ0v) is 32.2. The molecule has 272 valence electrons. The number of anilines is 3. The van der Waals surface area contributed by atoms with Crippen molar-refractivity contribution in [3.05, 3.63) is 211 Å². The van der Waals surface area contributed by atoms with E-state index >= 15 is 0 Å². The number of hydrogen-bond donors (Lipinski definition) is 0. The summed E-state index contributed by atoms with van der Waals surface area (Å²) in [5.41, 5.74) is 17.3. The van der Waals surface area contributed by atoms with Crippen LogP contribution in [0, 0.1) is 0 Å². The molecule has 0 saturated carbocycles. The number of para-hydroxylation sites is 1. The van der Waals surface area contributed by atoms with E-state index < -0.39 is 0 Å². The summed E-state index contributed by atoms with van der Waals surface area (Å²) in [7, 11) is 0. The molecule has 6 aromatic carbocycles. The summed E-state index contributed by atoms with van der Waals surface area (Å²) in [4.78, 5) is 2.43. The summed E-state index contributed by atoms with van der Waals surface area (Å²) < 4.78 is 2.44. The molecule has 0 unspecified atom stereocenters. The molecule has 0 fully saturated rings. The van der Waals surface area contributed by atoms with Gasteiger partial charge >= 0.3 is 0 Å². The van der Waals surface area contributed by atoms with Crippen molar-refractivity contribution in [2.45, 2.75) is 26.7 Å². The van der Waals surface area contributed by atoms with Gasteiger partial charge in [0.2, 0.25) is 0 Å². The monoisotopic (exact) mass is 722 g/mol. The molecule has 8 rings (SSSR count). The van der Waals surface area contributed by atoms with Crippen LogP contribution in [0.15, 0.2) is 183 Å². The third-order valence-electron chi connectivity index (χ3n) is 10.7. The lowest BCUT2D eigenvalue weighted by molar-refractivity contribution is 0.968. The van der Waals surface area contributed by atoms with Gasteiger partial charge in [0.25, 0.3) is 0 Å². The fourth-order valence-electron chi connectivity index (χ4n) is 8.19. The van der Waals surface area contributed by atoms with Crippen molar-refractivity contribution >= 4 is 63.5 Å². The SMILES string of the molecule is C=Cc1c(/C=C\C)c(N(c2ccc(-c3ccccc3)cc2)c2ccccc2-c2ccccc2)cc2c1c(/C=C\C)c(C=C)n2C1=CC=C(c2ccccc2)CC1. The summed E-state index contributed by atoms with van der Waals surface area (Å²) in [6.45, 7) is 13.0. The van der Waals surface area contributed by atoms with Crippen LogP contribution in [0.1, 0.15) is 54.6 Å². The Kier molecular flexibility index (Phi) is 10.5. The smallest absolute Gasteiger partial charge is 0.0565 e. The van der Waals surface area contributed by atoms with Crippen molar-refractivity contribution < 1.29 is 0 Å². The molecule has 2 nitrogen and oxygen atoms in total.